The fraction of sp³-hybridized carbons (Fsp3) is 0.500. The number of nitrogens with one attached hydrogen (secondary N) is 1. The number of carbonyl (C=O) groups is 1. The average molecular weight is 422 g/mol. The van der Waals surface area contributed by atoms with E-state index in [4.69, 9.17) is 4.74 Å². The molecule has 0 unspecified atom stereocenters. The van der Waals surface area contributed by atoms with E-state index in [1.54, 1.807) is 0 Å². The van der Waals surface area contributed by atoms with Gasteiger partial charge in [0, 0.05) is 51.5 Å². The Balaban J connectivity index is 1.33. The van der Waals surface area contributed by atoms with E-state index in [1.165, 1.54) is 11.1 Å². The minimum absolute atomic E-state index is 0.101. The van der Waals surface area contributed by atoms with Gasteiger partial charge in [0.25, 0.3) is 0 Å². The Morgan fingerprint density at radius 1 is 0.871 bits per heavy atom. The highest BCUT2D eigenvalue weighted by atomic mass is 16.5. The third-order valence-corrected chi connectivity index (χ3v) is 6.55. The van der Waals surface area contributed by atoms with Crippen LogP contribution >= 0.6 is 0 Å². The normalized spacial score (nSPS) is 18.6. The van der Waals surface area contributed by atoms with Gasteiger partial charge >= 0.3 is 6.03 Å². The summed E-state index contributed by atoms with van der Waals surface area (Å²) in [6.07, 6.45) is 4.82. The lowest BCUT2D eigenvalue weighted by molar-refractivity contribution is 0.0204. The molecule has 0 radical (unpaired) electrons. The van der Waals surface area contributed by atoms with Crippen LogP contribution in [-0.2, 0) is 17.7 Å². The first-order chi connectivity index (χ1) is 15.3. The van der Waals surface area contributed by atoms with E-state index in [1.807, 2.05) is 6.07 Å². The number of carbonyl (C=O) groups excluding carboxylic acids is 1. The molecular weight excluding hydrogens is 386 g/mol. The van der Waals surface area contributed by atoms with Crippen molar-refractivity contribution in [2.45, 2.75) is 50.7 Å². The first-order valence-corrected chi connectivity index (χ1v) is 11.7. The Bertz CT molecular complexity index is 785. The van der Waals surface area contributed by atoms with Crippen molar-refractivity contribution in [3.63, 3.8) is 0 Å². The van der Waals surface area contributed by atoms with Crippen molar-refractivity contribution >= 4 is 6.03 Å². The minimum atomic E-state index is 0.101. The predicted molar refractivity (Wildman–Crippen MR) is 124 cm³/mol. The van der Waals surface area contributed by atoms with Crippen LogP contribution in [-0.4, -0.2) is 60.8 Å². The van der Waals surface area contributed by atoms with Gasteiger partial charge in [0.2, 0.25) is 0 Å². The topological polar surface area (TPSA) is 44.8 Å². The maximum absolute atomic E-state index is 13.3. The molecule has 0 aromatic heterocycles. The number of piperidine rings is 1. The van der Waals surface area contributed by atoms with Crippen LogP contribution < -0.4 is 5.32 Å². The van der Waals surface area contributed by atoms with Gasteiger partial charge in [-0.15, -0.1) is 0 Å². The average Bonchev–Trinajstić information content (AvgIpc) is 2.82. The van der Waals surface area contributed by atoms with E-state index in [-0.39, 0.29) is 12.1 Å². The summed E-state index contributed by atoms with van der Waals surface area (Å²) in [5.74, 6) is 0. The molecule has 1 N–H and O–H groups in total. The van der Waals surface area contributed by atoms with E-state index in [0.29, 0.717) is 12.6 Å². The van der Waals surface area contributed by atoms with Crippen molar-refractivity contribution in [3.05, 3.63) is 71.8 Å². The molecule has 4 rings (SSSR count). The Morgan fingerprint density at radius 3 is 2.10 bits per heavy atom. The molecule has 5 nitrogen and oxygen atoms in total. The van der Waals surface area contributed by atoms with Crippen molar-refractivity contribution in [1.82, 2.24) is 15.1 Å². The molecule has 31 heavy (non-hydrogen) atoms. The quantitative estimate of drug-likeness (QED) is 0.733. The Labute approximate surface area is 186 Å². The molecule has 166 valence electrons. The van der Waals surface area contributed by atoms with Crippen molar-refractivity contribution in [3.8, 4) is 0 Å². The summed E-state index contributed by atoms with van der Waals surface area (Å²) in [6.45, 7) is 5.26. The van der Waals surface area contributed by atoms with Gasteiger partial charge in [-0.3, -0.25) is 4.90 Å². The van der Waals surface area contributed by atoms with Crippen LogP contribution in [0.4, 0.5) is 4.79 Å². The smallest absolute Gasteiger partial charge is 0.317 e. The van der Waals surface area contributed by atoms with Gasteiger partial charge in [0.1, 0.15) is 0 Å². The summed E-state index contributed by atoms with van der Waals surface area (Å²) >= 11 is 0. The van der Waals surface area contributed by atoms with Crippen molar-refractivity contribution in [2.75, 3.05) is 32.8 Å². The predicted octanol–water partition coefficient (Wildman–Crippen LogP) is 4.08. The van der Waals surface area contributed by atoms with Crippen LogP contribution in [0.15, 0.2) is 60.7 Å². The van der Waals surface area contributed by atoms with Crippen LogP contribution in [0.25, 0.3) is 0 Å². The van der Waals surface area contributed by atoms with E-state index in [9.17, 15) is 4.79 Å². The van der Waals surface area contributed by atoms with Crippen molar-refractivity contribution < 1.29 is 9.53 Å². The molecule has 5 heteroatoms. The van der Waals surface area contributed by atoms with E-state index < -0.39 is 0 Å². The molecule has 2 amide bonds. The fourth-order valence-corrected chi connectivity index (χ4v) is 4.84. The molecule has 0 spiro atoms. The zero-order chi connectivity index (χ0) is 21.3. The highest BCUT2D eigenvalue weighted by Crippen LogP contribution is 2.25. The molecule has 2 saturated heterocycles. The highest BCUT2D eigenvalue weighted by Gasteiger charge is 2.34. The molecule has 2 fully saturated rings. The van der Waals surface area contributed by atoms with Crippen molar-refractivity contribution in [2.24, 2.45) is 0 Å². The van der Waals surface area contributed by atoms with E-state index >= 15 is 0 Å². The standard InChI is InChI=1S/C26H35N3O2/c30-26(27-16-11-22-7-3-1-4-8-22)29(25-14-19-31-20-15-25)24-12-17-28(18-13-24)21-23-9-5-2-6-10-23/h1-10,24-25H,11-21H2,(H,27,30). The highest BCUT2D eigenvalue weighted by molar-refractivity contribution is 5.75. The third kappa shape index (κ3) is 6.31. The number of benzene rings is 2. The van der Waals surface area contributed by atoms with Gasteiger partial charge in [-0.05, 0) is 43.2 Å². The summed E-state index contributed by atoms with van der Waals surface area (Å²) in [5, 5.41) is 3.21. The minimum Gasteiger partial charge on any atom is -0.381 e. The molecule has 2 heterocycles. The Morgan fingerprint density at radius 2 is 1.45 bits per heavy atom. The number of nitrogens with zero attached hydrogens (tertiary/aromatic N) is 2. The first kappa shape index (κ1) is 21.8. The number of urea groups is 1. The second-order valence-corrected chi connectivity index (χ2v) is 8.71. The van der Waals surface area contributed by atoms with Gasteiger partial charge in [-0.2, -0.15) is 0 Å². The van der Waals surface area contributed by atoms with Gasteiger partial charge < -0.3 is 15.0 Å². The number of hydrogen-bond acceptors (Lipinski definition) is 3. The molecule has 0 atom stereocenters. The molecule has 2 aliphatic heterocycles. The van der Waals surface area contributed by atoms with Crippen molar-refractivity contribution in [1.29, 1.82) is 0 Å². The third-order valence-electron chi connectivity index (χ3n) is 6.55. The lowest BCUT2D eigenvalue weighted by Crippen LogP contribution is -2.56. The second kappa shape index (κ2) is 11.3. The lowest BCUT2D eigenvalue weighted by Gasteiger charge is -2.43. The van der Waals surface area contributed by atoms with Crippen LogP contribution in [0.2, 0.25) is 0 Å². The zero-order valence-electron chi connectivity index (χ0n) is 18.4. The summed E-state index contributed by atoms with van der Waals surface area (Å²) < 4.78 is 5.57. The monoisotopic (exact) mass is 421 g/mol. The molecule has 2 aliphatic rings. The van der Waals surface area contributed by atoms with Crippen LogP contribution in [0.3, 0.4) is 0 Å². The van der Waals surface area contributed by atoms with Gasteiger partial charge in [0.05, 0.1) is 0 Å². The maximum atomic E-state index is 13.3. The summed E-state index contributed by atoms with van der Waals surface area (Å²) in [6, 6.07) is 21.7. The molecule has 0 aliphatic carbocycles. The number of ether oxygens (including phenoxy) is 1. The first-order valence-electron chi connectivity index (χ1n) is 11.7. The number of likely N-dealkylation sites (tertiary alicyclic amines) is 1. The van der Waals surface area contributed by atoms with Crippen LogP contribution in [0.1, 0.15) is 36.8 Å². The van der Waals surface area contributed by atoms with Gasteiger partial charge in [-0.25, -0.2) is 4.79 Å². The molecule has 0 saturated carbocycles. The number of rotatable bonds is 7. The summed E-state index contributed by atoms with van der Waals surface area (Å²) in [5.41, 5.74) is 2.62. The largest absolute Gasteiger partial charge is 0.381 e. The lowest BCUT2D eigenvalue weighted by atomic mass is 9.98. The van der Waals surface area contributed by atoms with E-state index in [0.717, 1.165) is 65.0 Å². The van der Waals surface area contributed by atoms with Crippen LogP contribution in [0, 0.1) is 0 Å². The Hall–Kier alpha value is -2.37. The number of amides is 2. The van der Waals surface area contributed by atoms with Gasteiger partial charge in [0.15, 0.2) is 0 Å². The maximum Gasteiger partial charge on any atom is 0.317 e. The van der Waals surface area contributed by atoms with E-state index in [2.05, 4.69) is 69.7 Å². The molecular formula is C26H35N3O2. The number of hydrogen-bond donors (Lipinski definition) is 1. The SMILES string of the molecule is O=C(NCCc1ccccc1)N(C1CCOCC1)C1CCN(Cc2ccccc2)CC1. The Kier molecular flexibility index (Phi) is 7.97. The molecule has 2 aromatic carbocycles. The second-order valence-electron chi connectivity index (χ2n) is 8.71. The zero-order valence-corrected chi connectivity index (χ0v) is 18.4. The summed E-state index contributed by atoms with van der Waals surface area (Å²) in [7, 11) is 0. The molecule has 0 bridgehead atoms. The van der Waals surface area contributed by atoms with Crippen LogP contribution in [0.5, 0.6) is 0 Å². The fourth-order valence-electron chi connectivity index (χ4n) is 4.84. The molecule has 2 aromatic rings. The summed E-state index contributed by atoms with van der Waals surface area (Å²) in [4.78, 5) is 18.0. The van der Waals surface area contributed by atoms with Gasteiger partial charge in [-0.1, -0.05) is 60.7 Å².